The van der Waals surface area contributed by atoms with Crippen LogP contribution in [-0.2, 0) is 51.4 Å². The van der Waals surface area contributed by atoms with Crippen LogP contribution in [0.4, 0.5) is 0 Å². The number of rotatable bonds is 20. The summed E-state index contributed by atoms with van der Waals surface area (Å²) in [7, 11) is 0. The highest BCUT2D eigenvalue weighted by atomic mass is 16.5. The largest absolute Gasteiger partial charge is 0.492 e. The lowest BCUT2D eigenvalue weighted by Crippen LogP contribution is -2.35. The first kappa shape index (κ1) is 38.1. The van der Waals surface area contributed by atoms with Crippen molar-refractivity contribution < 1.29 is 42.0 Å². The highest BCUT2D eigenvalue weighted by Crippen LogP contribution is 2.27. The Balaban J connectivity index is 1.21. The molecule has 3 fully saturated rings. The second-order valence-electron chi connectivity index (χ2n) is 15.6. The smallest absolute Gasteiger partial charge is 0.307 e. The number of hydrogen-bond donors (Lipinski definition) is 6. The second kappa shape index (κ2) is 19.9. The van der Waals surface area contributed by atoms with E-state index in [0.717, 1.165) is 60.5 Å². The molecule has 6 N–H and O–H groups in total. The molecule has 3 aliphatic rings. The number of hydrogen-bond acceptors (Lipinski definition) is 8. The summed E-state index contributed by atoms with van der Waals surface area (Å²) in [6.07, 6.45) is 3.11. The summed E-state index contributed by atoms with van der Waals surface area (Å²) >= 11 is 0. The standard InChI is InChI=1S/C44H56N4O8/c49-41(24-31-6-1-4-29(18-31)21-38(42(50)51)34-10-13-45-25-34)48(28-33-8-2-5-30(19-33)22-39(43(52)53)35-11-14-46-26-35)16-17-56-37-9-3-7-32(20-37)23-40(44(54)55)36-12-15-47-27-36/h1-9,18-20,34-36,38-40,45-47H,10-17,21-28H2,(H,50,51)(H,52,53)(H,54,55)/t34-,35-,36-,38-,39-,40-/m0/s1/i16D2. The van der Waals surface area contributed by atoms with Gasteiger partial charge < -0.3 is 40.9 Å². The van der Waals surface area contributed by atoms with Crippen LogP contribution in [0.3, 0.4) is 0 Å². The van der Waals surface area contributed by atoms with Crippen molar-refractivity contribution in [3.63, 3.8) is 0 Å². The first-order valence-corrected chi connectivity index (χ1v) is 19.8. The van der Waals surface area contributed by atoms with Crippen molar-refractivity contribution in [3.8, 4) is 5.75 Å². The summed E-state index contributed by atoms with van der Waals surface area (Å²) < 4.78 is 24.5. The Morgan fingerprint density at radius 3 is 1.54 bits per heavy atom. The summed E-state index contributed by atoms with van der Waals surface area (Å²) in [4.78, 5) is 52.1. The van der Waals surface area contributed by atoms with Gasteiger partial charge in [0.1, 0.15) is 12.4 Å². The predicted octanol–water partition coefficient (Wildman–Crippen LogP) is 3.90. The predicted molar refractivity (Wildman–Crippen MR) is 211 cm³/mol. The second-order valence-corrected chi connectivity index (χ2v) is 15.6. The van der Waals surface area contributed by atoms with E-state index in [9.17, 15) is 37.2 Å². The van der Waals surface area contributed by atoms with Crippen molar-refractivity contribution in [2.45, 2.75) is 51.5 Å². The van der Waals surface area contributed by atoms with Crippen LogP contribution in [-0.4, -0.2) is 96.4 Å². The van der Waals surface area contributed by atoms with Crippen LogP contribution in [0.25, 0.3) is 0 Å². The molecule has 0 saturated carbocycles. The van der Waals surface area contributed by atoms with E-state index in [1.165, 1.54) is 0 Å². The molecule has 300 valence electrons. The third-order valence-corrected chi connectivity index (χ3v) is 11.7. The van der Waals surface area contributed by atoms with Crippen LogP contribution >= 0.6 is 0 Å². The molecule has 0 bridgehead atoms. The van der Waals surface area contributed by atoms with E-state index in [-0.39, 0.29) is 30.7 Å². The normalized spacial score (nSPS) is 21.8. The maximum absolute atomic E-state index is 14.3. The Morgan fingerprint density at radius 2 is 1.07 bits per heavy atom. The Bertz CT molecular complexity index is 1890. The van der Waals surface area contributed by atoms with Gasteiger partial charge in [-0.1, -0.05) is 60.7 Å². The number of carbonyl (C=O) groups is 4. The number of carbonyl (C=O) groups excluding carboxylic acids is 1. The first-order chi connectivity index (χ1) is 27.9. The van der Waals surface area contributed by atoms with E-state index < -0.39 is 54.7 Å². The van der Waals surface area contributed by atoms with E-state index >= 15 is 0 Å². The van der Waals surface area contributed by atoms with Gasteiger partial charge in [-0.2, -0.15) is 0 Å². The minimum absolute atomic E-state index is 0.00452. The SMILES string of the molecule is [2H]C([2H])(COc1cccc(C[C@H](C(=O)O)[C@H]2CCNC2)c1)N(Cc1cccc(C[C@H](C(=O)O)[C@H]2CCNC2)c1)C(=O)Cc1cccc(C[C@H](C(=O)O)[C@H]2CCNC2)c1. The fourth-order valence-electron chi connectivity index (χ4n) is 8.55. The number of ether oxygens (including phenoxy) is 1. The number of nitrogens with one attached hydrogen (secondary N) is 3. The molecule has 56 heavy (non-hydrogen) atoms. The topological polar surface area (TPSA) is 178 Å². The van der Waals surface area contributed by atoms with Gasteiger partial charge in [-0.3, -0.25) is 19.2 Å². The summed E-state index contributed by atoms with van der Waals surface area (Å²) in [5.41, 5.74) is 3.58. The zero-order chi connectivity index (χ0) is 41.2. The third kappa shape index (κ3) is 11.4. The number of carboxylic acid groups (broad SMARTS) is 3. The molecule has 1 amide bonds. The van der Waals surface area contributed by atoms with Crippen molar-refractivity contribution in [3.05, 3.63) is 101 Å². The van der Waals surface area contributed by atoms with Crippen molar-refractivity contribution >= 4 is 23.8 Å². The van der Waals surface area contributed by atoms with Crippen molar-refractivity contribution in [1.29, 1.82) is 0 Å². The molecular formula is C44H56N4O8. The molecule has 3 aromatic rings. The molecule has 6 atom stereocenters. The van der Waals surface area contributed by atoms with Gasteiger partial charge in [-0.15, -0.1) is 0 Å². The quantitative estimate of drug-likeness (QED) is 0.0983. The fraction of sp³-hybridized carbons (Fsp3) is 0.500. The molecule has 0 aromatic heterocycles. The molecular weight excluding hydrogens is 713 g/mol. The highest BCUT2D eigenvalue weighted by Gasteiger charge is 2.33. The lowest BCUT2D eigenvalue weighted by molar-refractivity contribution is -0.144. The van der Waals surface area contributed by atoms with Gasteiger partial charge in [0.15, 0.2) is 0 Å². The number of carboxylic acids is 3. The summed E-state index contributed by atoms with van der Waals surface area (Å²) in [6.45, 7) is 1.31. The Hall–Kier alpha value is -4.78. The molecule has 3 aromatic carbocycles. The van der Waals surface area contributed by atoms with Crippen molar-refractivity contribution in [1.82, 2.24) is 20.9 Å². The van der Waals surface area contributed by atoms with E-state index in [0.29, 0.717) is 55.8 Å². The molecule has 0 spiro atoms. The molecule has 3 aliphatic heterocycles. The summed E-state index contributed by atoms with van der Waals surface area (Å²) in [5.74, 6) is -4.46. The minimum atomic E-state index is -2.32. The minimum Gasteiger partial charge on any atom is -0.492 e. The van der Waals surface area contributed by atoms with E-state index in [2.05, 4.69) is 16.0 Å². The number of amides is 1. The van der Waals surface area contributed by atoms with E-state index in [1.54, 1.807) is 42.5 Å². The third-order valence-electron chi connectivity index (χ3n) is 11.7. The van der Waals surface area contributed by atoms with Crippen LogP contribution in [0.1, 0.15) is 49.8 Å². The fourth-order valence-corrected chi connectivity index (χ4v) is 8.55. The monoisotopic (exact) mass is 770 g/mol. The van der Waals surface area contributed by atoms with E-state index in [1.807, 2.05) is 30.3 Å². The van der Waals surface area contributed by atoms with Crippen LogP contribution in [0, 0.1) is 35.5 Å². The van der Waals surface area contributed by atoms with Crippen molar-refractivity contribution in [2.24, 2.45) is 35.5 Å². The first-order valence-electron chi connectivity index (χ1n) is 20.8. The lowest BCUT2D eigenvalue weighted by Gasteiger charge is -2.24. The zero-order valence-corrected chi connectivity index (χ0v) is 31.8. The van der Waals surface area contributed by atoms with Crippen LogP contribution in [0.2, 0.25) is 0 Å². The van der Waals surface area contributed by atoms with Crippen molar-refractivity contribution in [2.75, 3.05) is 52.4 Å². The Labute approximate surface area is 331 Å². The van der Waals surface area contributed by atoms with Gasteiger partial charge in [-0.05, 0) is 135 Å². The molecule has 3 saturated heterocycles. The molecule has 0 radical (unpaired) electrons. The van der Waals surface area contributed by atoms with Gasteiger partial charge in [0.2, 0.25) is 5.91 Å². The lowest BCUT2D eigenvalue weighted by atomic mass is 9.86. The molecule has 0 aliphatic carbocycles. The molecule has 12 heteroatoms. The average Bonchev–Trinajstić information content (AvgIpc) is 4.02. The molecule has 6 rings (SSSR count). The van der Waals surface area contributed by atoms with Gasteiger partial charge >= 0.3 is 17.9 Å². The van der Waals surface area contributed by atoms with Crippen LogP contribution < -0.4 is 20.7 Å². The Morgan fingerprint density at radius 1 is 0.643 bits per heavy atom. The van der Waals surface area contributed by atoms with Gasteiger partial charge in [0, 0.05) is 6.54 Å². The molecule has 12 nitrogen and oxygen atoms in total. The van der Waals surface area contributed by atoms with Crippen LogP contribution in [0.15, 0.2) is 72.8 Å². The Kier molecular flexibility index (Phi) is 13.5. The van der Waals surface area contributed by atoms with Gasteiger partial charge in [0.25, 0.3) is 0 Å². The highest BCUT2D eigenvalue weighted by molar-refractivity contribution is 5.79. The number of nitrogens with zero attached hydrogens (tertiary/aromatic N) is 1. The number of aliphatic carboxylic acids is 3. The van der Waals surface area contributed by atoms with Crippen LogP contribution in [0.5, 0.6) is 5.75 Å². The average molecular weight is 771 g/mol. The maximum atomic E-state index is 14.3. The summed E-state index contributed by atoms with van der Waals surface area (Å²) in [5, 5.41) is 39.8. The molecule has 0 unspecified atom stereocenters. The summed E-state index contributed by atoms with van der Waals surface area (Å²) in [6, 6.07) is 21.5. The van der Waals surface area contributed by atoms with E-state index in [4.69, 9.17) is 4.74 Å². The van der Waals surface area contributed by atoms with Gasteiger partial charge in [-0.25, -0.2) is 0 Å². The van der Waals surface area contributed by atoms with Gasteiger partial charge in [0.05, 0.1) is 33.4 Å². The zero-order valence-electron chi connectivity index (χ0n) is 33.8. The number of benzene rings is 3. The maximum Gasteiger partial charge on any atom is 0.307 e. The molecule has 3 heterocycles.